The van der Waals surface area contributed by atoms with Crippen LogP contribution >= 0.6 is 27.3 Å². The third-order valence-electron chi connectivity index (χ3n) is 2.69. The van der Waals surface area contributed by atoms with Crippen LogP contribution in [0.25, 0.3) is 0 Å². The Kier molecular flexibility index (Phi) is 4.04. The smallest absolute Gasteiger partial charge is 0.262 e. The molecule has 1 aliphatic rings. The fraction of sp³-hybridized carbons (Fsp3) is 0.455. The molecule has 1 unspecified atom stereocenters. The van der Waals surface area contributed by atoms with Crippen molar-refractivity contribution in [3.8, 4) is 0 Å². The number of thiophene rings is 1. The van der Waals surface area contributed by atoms with Gasteiger partial charge in [-0.2, -0.15) is 0 Å². The zero-order valence-corrected chi connectivity index (χ0v) is 12.1. The quantitative estimate of drug-likeness (QED) is 0.861. The number of amides is 2. The third-order valence-corrected chi connectivity index (χ3v) is 4.31. The summed E-state index contributed by atoms with van der Waals surface area (Å²) >= 11 is 4.60. The van der Waals surface area contributed by atoms with Gasteiger partial charge in [0.25, 0.3) is 5.91 Å². The van der Waals surface area contributed by atoms with Crippen molar-refractivity contribution in [1.82, 2.24) is 10.2 Å². The van der Waals surface area contributed by atoms with Gasteiger partial charge >= 0.3 is 0 Å². The van der Waals surface area contributed by atoms with Crippen LogP contribution in [0.3, 0.4) is 0 Å². The molecule has 0 saturated carbocycles. The molecule has 1 saturated heterocycles. The number of β-amino-alcohol motifs (C(OH)–C–C–N with tert-alkyl or cyclic N) is 1. The van der Waals surface area contributed by atoms with Crippen molar-refractivity contribution in [3.05, 3.63) is 20.8 Å². The number of hydrogen-bond donors (Lipinski definition) is 2. The average Bonchev–Trinajstić information content (AvgIpc) is 2.70. The molecule has 1 fully saturated rings. The number of rotatable bonds is 3. The first-order chi connectivity index (χ1) is 8.47. The van der Waals surface area contributed by atoms with Crippen LogP contribution in [0.2, 0.25) is 0 Å². The van der Waals surface area contributed by atoms with Crippen molar-refractivity contribution >= 4 is 39.1 Å². The van der Waals surface area contributed by atoms with Gasteiger partial charge in [0.2, 0.25) is 5.91 Å². The van der Waals surface area contributed by atoms with E-state index in [-0.39, 0.29) is 11.8 Å². The molecule has 0 radical (unpaired) electrons. The lowest BCUT2D eigenvalue weighted by Crippen LogP contribution is -2.58. The maximum absolute atomic E-state index is 11.8. The SMILES string of the molecule is CC(NC(=O)c1ccc(Br)s1)C(=O)N1CC(O)C1. The number of nitrogens with zero attached hydrogens (tertiary/aromatic N) is 1. The van der Waals surface area contributed by atoms with Crippen molar-refractivity contribution in [1.29, 1.82) is 0 Å². The summed E-state index contributed by atoms with van der Waals surface area (Å²) in [4.78, 5) is 25.7. The Bertz CT molecular complexity index is 471. The summed E-state index contributed by atoms with van der Waals surface area (Å²) in [5.41, 5.74) is 0. The van der Waals surface area contributed by atoms with Crippen LogP contribution in [-0.2, 0) is 4.79 Å². The number of halogens is 1. The Hall–Kier alpha value is -0.920. The van der Waals surface area contributed by atoms with Gasteiger partial charge in [-0.25, -0.2) is 0 Å². The lowest BCUT2D eigenvalue weighted by molar-refractivity contribution is -0.142. The number of hydrogen-bond acceptors (Lipinski definition) is 4. The molecule has 1 aromatic heterocycles. The topological polar surface area (TPSA) is 69.6 Å². The van der Waals surface area contributed by atoms with Crippen molar-refractivity contribution in [3.63, 3.8) is 0 Å². The standard InChI is InChI=1S/C11H13BrN2O3S/c1-6(11(17)14-4-7(15)5-14)13-10(16)8-2-3-9(12)18-8/h2-3,6-7,15H,4-5H2,1H3,(H,13,16). The van der Waals surface area contributed by atoms with E-state index in [0.29, 0.717) is 18.0 Å². The largest absolute Gasteiger partial charge is 0.389 e. The van der Waals surface area contributed by atoms with E-state index in [1.54, 1.807) is 19.1 Å². The summed E-state index contributed by atoms with van der Waals surface area (Å²) in [6.07, 6.45) is -0.426. The predicted molar refractivity (Wildman–Crippen MR) is 71.5 cm³/mol. The van der Waals surface area contributed by atoms with Crippen LogP contribution in [0.4, 0.5) is 0 Å². The first-order valence-electron chi connectivity index (χ1n) is 5.50. The van der Waals surface area contributed by atoms with E-state index in [9.17, 15) is 9.59 Å². The van der Waals surface area contributed by atoms with Gasteiger partial charge < -0.3 is 15.3 Å². The fourth-order valence-electron chi connectivity index (χ4n) is 1.67. The molecular weight excluding hydrogens is 320 g/mol. The highest BCUT2D eigenvalue weighted by Crippen LogP contribution is 2.22. The summed E-state index contributed by atoms with van der Waals surface area (Å²) in [7, 11) is 0. The summed E-state index contributed by atoms with van der Waals surface area (Å²) in [6, 6.07) is 2.91. The second kappa shape index (κ2) is 5.38. The minimum Gasteiger partial charge on any atom is -0.389 e. The summed E-state index contributed by atoms with van der Waals surface area (Å²) in [6.45, 7) is 2.35. The molecule has 1 aromatic rings. The van der Waals surface area contributed by atoms with Crippen molar-refractivity contribution in [2.45, 2.75) is 19.1 Å². The molecule has 0 aliphatic carbocycles. The third kappa shape index (κ3) is 2.90. The minimum absolute atomic E-state index is 0.163. The van der Waals surface area contributed by atoms with Gasteiger partial charge in [-0.1, -0.05) is 0 Å². The normalized spacial score (nSPS) is 17.2. The van der Waals surface area contributed by atoms with Gasteiger partial charge in [0.1, 0.15) is 6.04 Å². The van der Waals surface area contributed by atoms with E-state index in [1.807, 2.05) is 0 Å². The van der Waals surface area contributed by atoms with Gasteiger partial charge in [0, 0.05) is 13.1 Å². The first-order valence-corrected chi connectivity index (χ1v) is 7.11. The Morgan fingerprint density at radius 3 is 2.72 bits per heavy atom. The summed E-state index contributed by atoms with van der Waals surface area (Å²) in [5, 5.41) is 11.8. The molecule has 0 bridgehead atoms. The van der Waals surface area contributed by atoms with Gasteiger partial charge in [-0.3, -0.25) is 9.59 Å². The monoisotopic (exact) mass is 332 g/mol. The lowest BCUT2D eigenvalue weighted by atomic mass is 10.1. The second-order valence-corrected chi connectivity index (χ2v) is 6.66. The van der Waals surface area contributed by atoms with Crippen molar-refractivity contribution in [2.24, 2.45) is 0 Å². The summed E-state index contributed by atoms with van der Waals surface area (Å²) < 4.78 is 0.873. The number of likely N-dealkylation sites (tertiary alicyclic amines) is 1. The summed E-state index contributed by atoms with van der Waals surface area (Å²) in [5.74, 6) is -0.420. The molecule has 18 heavy (non-hydrogen) atoms. The van der Waals surface area contributed by atoms with Gasteiger partial charge in [-0.15, -0.1) is 11.3 Å². The number of aliphatic hydroxyl groups is 1. The van der Waals surface area contributed by atoms with Crippen molar-refractivity contribution in [2.75, 3.05) is 13.1 Å². The van der Waals surface area contributed by atoms with Gasteiger partial charge in [0.15, 0.2) is 0 Å². The van der Waals surface area contributed by atoms with E-state index in [2.05, 4.69) is 21.2 Å². The Morgan fingerprint density at radius 2 is 2.22 bits per heavy atom. The van der Waals surface area contributed by atoms with Crippen LogP contribution in [-0.4, -0.2) is 47.1 Å². The van der Waals surface area contributed by atoms with Crippen LogP contribution in [0.15, 0.2) is 15.9 Å². The maximum atomic E-state index is 11.8. The zero-order chi connectivity index (χ0) is 13.3. The van der Waals surface area contributed by atoms with E-state index in [0.717, 1.165) is 3.79 Å². The number of aliphatic hydroxyl groups excluding tert-OH is 1. The highest BCUT2D eigenvalue weighted by molar-refractivity contribution is 9.11. The Morgan fingerprint density at radius 1 is 1.56 bits per heavy atom. The van der Waals surface area contributed by atoms with Crippen LogP contribution < -0.4 is 5.32 Å². The van der Waals surface area contributed by atoms with Crippen LogP contribution in [0.1, 0.15) is 16.6 Å². The molecule has 2 rings (SSSR count). The molecule has 7 heteroatoms. The van der Waals surface area contributed by atoms with E-state index < -0.39 is 12.1 Å². The Balaban J connectivity index is 1.89. The number of carbonyl (C=O) groups is 2. The molecule has 1 atom stereocenters. The molecule has 2 N–H and O–H groups in total. The van der Waals surface area contributed by atoms with Crippen LogP contribution in [0.5, 0.6) is 0 Å². The fourth-order valence-corrected chi connectivity index (χ4v) is 2.96. The number of carbonyl (C=O) groups excluding carboxylic acids is 2. The second-order valence-electron chi connectivity index (χ2n) is 4.20. The van der Waals surface area contributed by atoms with Gasteiger partial charge in [0.05, 0.1) is 14.8 Å². The maximum Gasteiger partial charge on any atom is 0.262 e. The average molecular weight is 333 g/mol. The van der Waals surface area contributed by atoms with E-state index in [1.165, 1.54) is 16.2 Å². The molecule has 5 nitrogen and oxygen atoms in total. The van der Waals surface area contributed by atoms with E-state index in [4.69, 9.17) is 5.11 Å². The molecule has 0 spiro atoms. The first kappa shape index (κ1) is 13.5. The predicted octanol–water partition coefficient (Wildman–Crippen LogP) is 0.832. The van der Waals surface area contributed by atoms with E-state index >= 15 is 0 Å². The zero-order valence-electron chi connectivity index (χ0n) is 9.72. The molecule has 2 amide bonds. The molecule has 2 heterocycles. The lowest BCUT2D eigenvalue weighted by Gasteiger charge is -2.37. The van der Waals surface area contributed by atoms with Gasteiger partial charge in [-0.05, 0) is 35.0 Å². The molecule has 1 aliphatic heterocycles. The highest BCUT2D eigenvalue weighted by Gasteiger charge is 2.32. The molecule has 0 aromatic carbocycles. The number of nitrogens with one attached hydrogen (secondary N) is 1. The molecular formula is C11H13BrN2O3S. The Labute approximate surface area is 117 Å². The molecule has 98 valence electrons. The van der Waals surface area contributed by atoms with Crippen LogP contribution in [0, 0.1) is 0 Å². The van der Waals surface area contributed by atoms with Crippen molar-refractivity contribution < 1.29 is 14.7 Å². The minimum atomic E-state index is -0.578. The highest BCUT2D eigenvalue weighted by atomic mass is 79.9.